The molecule has 0 saturated carbocycles. The molecule has 0 atom stereocenters. The van der Waals surface area contributed by atoms with Crippen molar-refractivity contribution in [2.75, 3.05) is 6.61 Å². The molecule has 3 N–H and O–H groups in total. The second-order valence-electron chi connectivity index (χ2n) is 1.45. The molecule has 0 aliphatic rings. The van der Waals surface area contributed by atoms with Crippen LogP contribution in [0.4, 0.5) is 4.79 Å². The third kappa shape index (κ3) is 5.39. The van der Waals surface area contributed by atoms with Crippen molar-refractivity contribution in [2.45, 2.75) is 6.42 Å². The Morgan fingerprint density at radius 1 is 1.40 bits per heavy atom. The summed E-state index contributed by atoms with van der Waals surface area (Å²) in [4.78, 5) is 20.5. The van der Waals surface area contributed by atoms with Crippen LogP contribution in [-0.4, -0.2) is 22.9 Å². The molecule has 0 fully saturated rings. The summed E-state index contributed by atoms with van der Waals surface area (Å²) in [6.45, 7) is -0.242. The van der Waals surface area contributed by atoms with Crippen LogP contribution in [0, 0.1) is 0 Å². The second kappa shape index (κ2) is 5.07. The van der Waals surface area contributed by atoms with E-state index in [9.17, 15) is 9.59 Å². The number of aliphatic hydroxyl groups excluding tert-OH is 1. The van der Waals surface area contributed by atoms with Gasteiger partial charge < -0.3 is 5.11 Å². The van der Waals surface area contributed by atoms with Crippen molar-refractivity contribution < 1.29 is 14.7 Å². The van der Waals surface area contributed by atoms with E-state index in [1.807, 2.05) is 10.9 Å². The van der Waals surface area contributed by atoms with Gasteiger partial charge in [0.05, 0.1) is 13.0 Å². The van der Waals surface area contributed by atoms with E-state index in [4.69, 9.17) is 5.11 Å². The van der Waals surface area contributed by atoms with Gasteiger partial charge in [-0.2, -0.15) is 0 Å². The number of hydrogen-bond donors (Lipinski definition) is 4. The zero-order valence-corrected chi connectivity index (χ0v) is 6.02. The Hall–Kier alpha value is -0.750. The Labute approximate surface area is 63.2 Å². The minimum Gasteiger partial charge on any atom is -0.396 e. The lowest BCUT2D eigenvalue weighted by molar-refractivity contribution is -0.122. The highest BCUT2D eigenvalue weighted by Gasteiger charge is 1.98. The fraction of sp³-hybridized carbons (Fsp3) is 0.500. The first-order chi connectivity index (χ1) is 4.66. The molecule has 0 saturated heterocycles. The molecule has 0 rings (SSSR count). The number of carbonyl (C=O) groups is 2. The lowest BCUT2D eigenvalue weighted by Gasteiger charge is -2.01. The Morgan fingerprint density at radius 3 is 2.40 bits per heavy atom. The van der Waals surface area contributed by atoms with E-state index >= 15 is 0 Å². The van der Waals surface area contributed by atoms with Crippen molar-refractivity contribution >= 4 is 23.8 Å². The number of amides is 2. The number of rotatable bonds is 2. The third-order valence-corrected chi connectivity index (χ3v) is 0.760. The van der Waals surface area contributed by atoms with E-state index in [1.54, 1.807) is 0 Å². The molecule has 10 heavy (non-hydrogen) atoms. The van der Waals surface area contributed by atoms with E-state index < -0.39 is 11.1 Å². The van der Waals surface area contributed by atoms with E-state index in [2.05, 4.69) is 12.6 Å². The molecule has 0 radical (unpaired) electrons. The first kappa shape index (κ1) is 9.25. The highest BCUT2D eigenvalue weighted by Crippen LogP contribution is 1.75. The number of aliphatic hydroxyl groups is 1. The van der Waals surface area contributed by atoms with Crippen LogP contribution in [0.5, 0.6) is 0 Å². The molecule has 0 aliphatic carbocycles. The maximum atomic E-state index is 10.4. The number of hydrogen-bond acceptors (Lipinski definition) is 3. The normalized spacial score (nSPS) is 8.60. The van der Waals surface area contributed by atoms with Gasteiger partial charge in [0.2, 0.25) is 5.91 Å². The molecular weight excluding hydrogens is 156 g/mol. The van der Waals surface area contributed by atoms with Gasteiger partial charge in [-0.1, -0.05) is 12.6 Å². The molecule has 5 nitrogen and oxygen atoms in total. The van der Waals surface area contributed by atoms with Gasteiger partial charge >= 0.3 is 0 Å². The monoisotopic (exact) mass is 164 g/mol. The van der Waals surface area contributed by atoms with E-state index in [-0.39, 0.29) is 13.0 Å². The van der Waals surface area contributed by atoms with Crippen molar-refractivity contribution in [1.82, 2.24) is 10.9 Å². The second-order valence-corrected chi connectivity index (χ2v) is 1.86. The first-order valence-electron chi connectivity index (χ1n) is 2.55. The Kier molecular flexibility index (Phi) is 4.69. The molecule has 0 heterocycles. The Bertz CT molecular complexity index is 138. The highest BCUT2D eigenvalue weighted by atomic mass is 32.1. The molecule has 0 spiro atoms. The maximum Gasteiger partial charge on any atom is 0.294 e. The van der Waals surface area contributed by atoms with Gasteiger partial charge in [-0.15, -0.1) is 0 Å². The predicted octanol–water partition coefficient (Wildman–Crippen LogP) is -0.961. The average molecular weight is 164 g/mol. The smallest absolute Gasteiger partial charge is 0.294 e. The molecule has 0 unspecified atom stereocenters. The predicted molar refractivity (Wildman–Crippen MR) is 37.4 cm³/mol. The maximum absolute atomic E-state index is 10.4. The van der Waals surface area contributed by atoms with Crippen LogP contribution in [0.25, 0.3) is 0 Å². The van der Waals surface area contributed by atoms with Crippen LogP contribution in [0.1, 0.15) is 6.42 Å². The number of thiol groups is 1. The number of hydrazine groups is 1. The van der Waals surface area contributed by atoms with Gasteiger partial charge in [-0.05, 0) is 0 Å². The minimum atomic E-state index is -0.647. The van der Waals surface area contributed by atoms with Gasteiger partial charge in [-0.3, -0.25) is 20.4 Å². The van der Waals surface area contributed by atoms with Gasteiger partial charge in [-0.25, -0.2) is 0 Å². The summed E-state index contributed by atoms with van der Waals surface area (Å²) in [5.41, 5.74) is 3.95. The topological polar surface area (TPSA) is 78.4 Å². The summed E-state index contributed by atoms with van der Waals surface area (Å²) in [7, 11) is 0. The molecule has 2 amide bonds. The Morgan fingerprint density at radius 2 is 2.00 bits per heavy atom. The minimum absolute atomic E-state index is 0.0337. The van der Waals surface area contributed by atoms with Crippen LogP contribution in [0.2, 0.25) is 0 Å². The number of carbonyl (C=O) groups excluding carboxylic acids is 2. The zero-order chi connectivity index (χ0) is 7.98. The molecule has 58 valence electrons. The third-order valence-electron chi connectivity index (χ3n) is 0.648. The van der Waals surface area contributed by atoms with Gasteiger partial charge in [0.15, 0.2) is 0 Å². The Balaban J connectivity index is 3.30. The standard InChI is InChI=1S/C4H8N2O3S/c7-2-1-3(8)5-6-4(9)10/h7H,1-2H2,(H,5,8)(H2,6,9,10). The summed E-state index contributed by atoms with van der Waals surface area (Å²) in [6, 6.07) is 0. The van der Waals surface area contributed by atoms with Crippen molar-refractivity contribution in [3.63, 3.8) is 0 Å². The lowest BCUT2D eigenvalue weighted by Crippen LogP contribution is -2.39. The zero-order valence-electron chi connectivity index (χ0n) is 5.13. The van der Waals surface area contributed by atoms with Crippen molar-refractivity contribution in [1.29, 1.82) is 0 Å². The van der Waals surface area contributed by atoms with Crippen molar-refractivity contribution in [2.24, 2.45) is 0 Å². The summed E-state index contributed by atoms with van der Waals surface area (Å²) in [6.07, 6.45) is -0.0337. The largest absolute Gasteiger partial charge is 0.396 e. The van der Waals surface area contributed by atoms with E-state index in [0.717, 1.165) is 0 Å². The van der Waals surface area contributed by atoms with Crippen molar-refractivity contribution in [3.05, 3.63) is 0 Å². The lowest BCUT2D eigenvalue weighted by atomic mass is 10.4. The first-order valence-corrected chi connectivity index (χ1v) is 3.00. The van der Waals surface area contributed by atoms with Gasteiger partial charge in [0, 0.05) is 0 Å². The molecule has 0 aromatic rings. The molecule has 0 bridgehead atoms. The van der Waals surface area contributed by atoms with Crippen LogP contribution >= 0.6 is 12.6 Å². The summed E-state index contributed by atoms with van der Waals surface area (Å²) < 4.78 is 0. The summed E-state index contributed by atoms with van der Waals surface area (Å²) in [5.74, 6) is -0.454. The van der Waals surface area contributed by atoms with Gasteiger partial charge in [0.1, 0.15) is 0 Å². The molecule has 0 aromatic heterocycles. The highest BCUT2D eigenvalue weighted by molar-refractivity contribution is 7.96. The number of nitrogens with one attached hydrogen (secondary N) is 2. The summed E-state index contributed by atoms with van der Waals surface area (Å²) >= 11 is 3.31. The van der Waals surface area contributed by atoms with E-state index in [0.29, 0.717) is 0 Å². The van der Waals surface area contributed by atoms with Gasteiger partial charge in [0.25, 0.3) is 5.24 Å². The fourth-order valence-corrected chi connectivity index (χ4v) is 0.343. The van der Waals surface area contributed by atoms with Crippen LogP contribution in [0.15, 0.2) is 0 Å². The molecular formula is C4H8N2O3S. The summed E-state index contributed by atoms with van der Waals surface area (Å²) in [5, 5.41) is 7.56. The quantitative estimate of drug-likeness (QED) is 0.313. The average Bonchev–Trinajstić information content (AvgIpc) is 1.85. The fourth-order valence-electron chi connectivity index (χ4n) is 0.287. The van der Waals surface area contributed by atoms with Crippen LogP contribution in [0.3, 0.4) is 0 Å². The van der Waals surface area contributed by atoms with E-state index in [1.165, 1.54) is 0 Å². The van der Waals surface area contributed by atoms with Crippen LogP contribution in [-0.2, 0) is 4.79 Å². The molecule has 6 heteroatoms. The molecule has 0 aliphatic heterocycles. The van der Waals surface area contributed by atoms with Crippen molar-refractivity contribution in [3.8, 4) is 0 Å². The molecule has 0 aromatic carbocycles. The SMILES string of the molecule is O=C(S)NNC(=O)CCO. The van der Waals surface area contributed by atoms with Crippen LogP contribution < -0.4 is 10.9 Å².